The molecule has 5 nitrogen and oxygen atoms in total. The predicted molar refractivity (Wildman–Crippen MR) is 92.0 cm³/mol. The van der Waals surface area contributed by atoms with E-state index in [9.17, 15) is 23.1 Å². The summed E-state index contributed by atoms with van der Waals surface area (Å²) in [6.45, 7) is 8.84. The molecule has 0 aromatic rings. The van der Waals surface area contributed by atoms with Gasteiger partial charge >= 0.3 is 12.1 Å². The first-order chi connectivity index (χ1) is 12.1. The number of hydrogen-bond donors (Lipinski definition) is 1. The maximum absolute atomic E-state index is 12.8. The average Bonchev–Trinajstić information content (AvgIpc) is 3.12. The molecule has 0 saturated carbocycles. The van der Waals surface area contributed by atoms with Gasteiger partial charge in [-0.1, -0.05) is 6.92 Å². The largest absolute Gasteiger partial charge is 0.459 e. The van der Waals surface area contributed by atoms with E-state index in [-0.39, 0.29) is 30.2 Å². The minimum Gasteiger partial charge on any atom is -0.459 e. The maximum Gasteiger partial charge on any atom is 0.419 e. The quantitative estimate of drug-likeness (QED) is 0.666. The van der Waals surface area contributed by atoms with Gasteiger partial charge in [0.15, 0.2) is 5.60 Å². The Labute approximate surface area is 158 Å². The topological polar surface area (TPSA) is 65.0 Å². The van der Waals surface area contributed by atoms with Crippen LogP contribution >= 0.6 is 0 Å². The number of rotatable bonds is 7. The van der Waals surface area contributed by atoms with Gasteiger partial charge in [0.1, 0.15) is 6.10 Å². The fraction of sp³-hybridized carbons (Fsp3) is 0.947. The fourth-order valence-corrected chi connectivity index (χ4v) is 3.43. The molecule has 2 heterocycles. The van der Waals surface area contributed by atoms with Gasteiger partial charge < -0.3 is 19.3 Å². The highest BCUT2D eigenvalue weighted by Crippen LogP contribution is 2.47. The molecule has 2 aliphatic heterocycles. The third kappa shape index (κ3) is 4.59. The van der Waals surface area contributed by atoms with Crippen LogP contribution in [0, 0.1) is 11.3 Å². The van der Waals surface area contributed by atoms with Crippen LogP contribution in [0.5, 0.6) is 0 Å². The Morgan fingerprint density at radius 1 is 1.11 bits per heavy atom. The second-order valence-corrected chi connectivity index (χ2v) is 9.14. The second-order valence-electron chi connectivity index (χ2n) is 9.14. The van der Waals surface area contributed by atoms with Crippen LogP contribution in [0.4, 0.5) is 13.2 Å². The Kier molecular flexibility index (Phi) is 5.97. The monoisotopic (exact) mass is 396 g/mol. The maximum atomic E-state index is 12.8. The highest BCUT2D eigenvalue weighted by molar-refractivity contribution is 5.76. The molecule has 0 aromatic heterocycles. The van der Waals surface area contributed by atoms with Crippen LogP contribution in [0.3, 0.4) is 0 Å². The van der Waals surface area contributed by atoms with E-state index in [1.165, 1.54) is 0 Å². The summed E-state index contributed by atoms with van der Waals surface area (Å²) >= 11 is 0. The molecule has 0 amide bonds. The van der Waals surface area contributed by atoms with Crippen molar-refractivity contribution < 1.29 is 37.3 Å². The van der Waals surface area contributed by atoms with Crippen molar-refractivity contribution in [1.29, 1.82) is 0 Å². The first-order valence-corrected chi connectivity index (χ1v) is 9.40. The molecule has 27 heavy (non-hydrogen) atoms. The summed E-state index contributed by atoms with van der Waals surface area (Å²) in [5, 5.41) is 9.59. The number of halogens is 3. The molecular formula is C19H31F3O5. The summed E-state index contributed by atoms with van der Waals surface area (Å²) in [7, 11) is 0. The second kappa shape index (κ2) is 7.19. The van der Waals surface area contributed by atoms with Crippen molar-refractivity contribution in [2.75, 3.05) is 6.61 Å². The van der Waals surface area contributed by atoms with Gasteiger partial charge in [-0.05, 0) is 47.5 Å². The number of carbonyl (C=O) groups excluding carboxylic acids is 1. The van der Waals surface area contributed by atoms with Gasteiger partial charge in [-0.2, -0.15) is 13.2 Å². The molecule has 0 radical (unpaired) electrons. The van der Waals surface area contributed by atoms with E-state index in [1.807, 2.05) is 20.8 Å². The molecule has 0 spiro atoms. The number of esters is 1. The van der Waals surface area contributed by atoms with Gasteiger partial charge in [0, 0.05) is 12.3 Å². The van der Waals surface area contributed by atoms with E-state index in [0.717, 1.165) is 0 Å². The van der Waals surface area contributed by atoms with E-state index in [0.29, 0.717) is 26.2 Å². The van der Waals surface area contributed by atoms with Gasteiger partial charge in [-0.15, -0.1) is 0 Å². The zero-order valence-corrected chi connectivity index (χ0v) is 16.9. The van der Waals surface area contributed by atoms with Crippen molar-refractivity contribution >= 4 is 5.97 Å². The number of aliphatic hydroxyl groups is 1. The van der Waals surface area contributed by atoms with Crippen LogP contribution in [0.25, 0.3) is 0 Å². The van der Waals surface area contributed by atoms with E-state index < -0.39 is 29.4 Å². The number of hydrogen-bond acceptors (Lipinski definition) is 5. The third-order valence-electron chi connectivity index (χ3n) is 6.09. The van der Waals surface area contributed by atoms with Crippen molar-refractivity contribution in [2.45, 2.75) is 96.5 Å². The normalized spacial score (nSPS) is 31.0. The fourth-order valence-electron chi connectivity index (χ4n) is 3.43. The zero-order valence-electron chi connectivity index (χ0n) is 16.9. The summed E-state index contributed by atoms with van der Waals surface area (Å²) in [5.41, 5.74) is -4.38. The van der Waals surface area contributed by atoms with Crippen molar-refractivity contribution in [3.8, 4) is 0 Å². The number of alkyl halides is 3. The molecule has 8 heteroatoms. The molecule has 2 bridgehead atoms. The highest BCUT2D eigenvalue weighted by atomic mass is 19.4. The number of ether oxygens (including phenoxy) is 3. The number of carbonyl (C=O) groups is 1. The van der Waals surface area contributed by atoms with Crippen LogP contribution < -0.4 is 0 Å². The Morgan fingerprint density at radius 3 is 2.15 bits per heavy atom. The van der Waals surface area contributed by atoms with Gasteiger partial charge in [-0.3, -0.25) is 4.79 Å². The van der Waals surface area contributed by atoms with Crippen LogP contribution in [-0.4, -0.2) is 53.4 Å². The minimum absolute atomic E-state index is 0.138. The molecule has 2 saturated heterocycles. The van der Waals surface area contributed by atoms with Gasteiger partial charge in [0.2, 0.25) is 0 Å². The standard InChI is InChI=1S/C19H31F3O5/c1-7-16(2,3)15(23)27-14-9-12-11(8-13(14)26-12)17(4,5)25-10-18(6,24)19(20,21)22/h11-14,24H,7-10H2,1-6H3. The molecule has 2 fully saturated rings. The first kappa shape index (κ1) is 22.4. The molecule has 1 N–H and O–H groups in total. The SMILES string of the molecule is CCC(C)(C)C(=O)OC1CC2OC1CC2C(C)(C)OCC(C)(O)C(F)(F)F. The molecule has 158 valence electrons. The molecule has 0 aliphatic carbocycles. The van der Waals surface area contributed by atoms with Crippen LogP contribution in [-0.2, 0) is 19.0 Å². The van der Waals surface area contributed by atoms with Gasteiger partial charge in [-0.25, -0.2) is 0 Å². The van der Waals surface area contributed by atoms with E-state index in [4.69, 9.17) is 14.2 Å². The van der Waals surface area contributed by atoms with Crippen molar-refractivity contribution in [3.63, 3.8) is 0 Å². The first-order valence-electron chi connectivity index (χ1n) is 9.40. The predicted octanol–water partition coefficient (Wildman–Crippen LogP) is 3.62. The average molecular weight is 396 g/mol. The molecule has 5 unspecified atom stereocenters. The Morgan fingerprint density at radius 2 is 1.70 bits per heavy atom. The van der Waals surface area contributed by atoms with E-state index in [1.54, 1.807) is 13.8 Å². The summed E-state index contributed by atoms with van der Waals surface area (Å²) in [6, 6.07) is 0. The zero-order chi connectivity index (χ0) is 20.8. The van der Waals surface area contributed by atoms with E-state index >= 15 is 0 Å². The Bertz CT molecular complexity index is 556. The summed E-state index contributed by atoms with van der Waals surface area (Å²) in [5.74, 6) is -0.403. The van der Waals surface area contributed by atoms with E-state index in [2.05, 4.69) is 0 Å². The number of fused-ring (bicyclic) bond motifs is 2. The van der Waals surface area contributed by atoms with Gasteiger partial charge in [0.05, 0.1) is 29.8 Å². The van der Waals surface area contributed by atoms with Gasteiger partial charge in [0.25, 0.3) is 0 Å². The molecular weight excluding hydrogens is 365 g/mol. The minimum atomic E-state index is -4.76. The molecule has 0 aromatic carbocycles. The van der Waals surface area contributed by atoms with Crippen LogP contribution in [0.2, 0.25) is 0 Å². The molecule has 5 atom stereocenters. The van der Waals surface area contributed by atoms with Crippen molar-refractivity contribution in [1.82, 2.24) is 0 Å². The smallest absolute Gasteiger partial charge is 0.419 e. The Hall–Kier alpha value is -0.860. The third-order valence-corrected chi connectivity index (χ3v) is 6.09. The highest BCUT2D eigenvalue weighted by Gasteiger charge is 2.56. The Balaban J connectivity index is 1.94. The lowest BCUT2D eigenvalue weighted by Crippen LogP contribution is -2.51. The van der Waals surface area contributed by atoms with Crippen LogP contribution in [0.1, 0.15) is 60.8 Å². The van der Waals surface area contributed by atoms with Crippen molar-refractivity contribution in [3.05, 3.63) is 0 Å². The molecule has 2 aliphatic rings. The lowest BCUT2D eigenvalue weighted by molar-refractivity contribution is -0.278. The lowest BCUT2D eigenvalue weighted by Gasteiger charge is -2.39. The summed E-state index contributed by atoms with van der Waals surface area (Å²) < 4.78 is 55.5. The van der Waals surface area contributed by atoms with Crippen molar-refractivity contribution in [2.24, 2.45) is 11.3 Å². The lowest BCUT2D eigenvalue weighted by atomic mass is 9.77. The molecule has 2 rings (SSSR count). The van der Waals surface area contributed by atoms with Crippen LogP contribution in [0.15, 0.2) is 0 Å². The summed E-state index contributed by atoms with van der Waals surface area (Å²) in [6.07, 6.45) is -3.92. The summed E-state index contributed by atoms with van der Waals surface area (Å²) in [4.78, 5) is 12.3.